The van der Waals surface area contributed by atoms with Crippen LogP contribution in [0.25, 0.3) is 0 Å². The van der Waals surface area contributed by atoms with Gasteiger partial charge in [-0.2, -0.15) is 10.2 Å². The fourth-order valence-electron chi connectivity index (χ4n) is 2.06. The first-order valence-electron chi connectivity index (χ1n) is 5.87. The molecule has 1 fully saturated rings. The zero-order chi connectivity index (χ0) is 12.3. The third-order valence-corrected chi connectivity index (χ3v) is 2.96. The summed E-state index contributed by atoms with van der Waals surface area (Å²) in [5, 5.41) is 8.82. The van der Waals surface area contributed by atoms with Crippen molar-refractivity contribution in [3.63, 3.8) is 0 Å². The maximum Gasteiger partial charge on any atom is 0.318 e. The minimum absolute atomic E-state index is 0.0305. The molecule has 1 aliphatic carbocycles. The van der Waals surface area contributed by atoms with E-state index in [4.69, 9.17) is 15.7 Å². The molecule has 1 heterocycles. The normalized spacial score (nSPS) is 24.1. The van der Waals surface area contributed by atoms with E-state index in [-0.39, 0.29) is 18.2 Å². The third-order valence-electron chi connectivity index (χ3n) is 2.96. The van der Waals surface area contributed by atoms with E-state index >= 15 is 0 Å². The van der Waals surface area contributed by atoms with Gasteiger partial charge in [-0.05, 0) is 32.3 Å². The molecule has 0 saturated heterocycles. The van der Waals surface area contributed by atoms with E-state index < -0.39 is 0 Å². The Hall–Kier alpha value is -1.67. The average Bonchev–Trinajstić information content (AvgIpc) is 2.31. The molecule has 1 aromatic heterocycles. The largest absolute Gasteiger partial charge is 0.458 e. The highest BCUT2D eigenvalue weighted by Crippen LogP contribution is 2.21. The monoisotopic (exact) mass is 232 g/mol. The third kappa shape index (κ3) is 2.92. The predicted octanol–water partition coefficient (Wildman–Crippen LogP) is 1.31. The number of hydrogen-bond acceptors (Lipinski definition) is 5. The van der Waals surface area contributed by atoms with Crippen LogP contribution in [0, 0.1) is 18.3 Å². The molecule has 2 unspecified atom stereocenters. The van der Waals surface area contributed by atoms with Gasteiger partial charge in [-0.15, -0.1) is 0 Å². The molecule has 2 atom stereocenters. The lowest BCUT2D eigenvalue weighted by atomic mass is 9.93. The van der Waals surface area contributed by atoms with Crippen LogP contribution in [0.2, 0.25) is 0 Å². The molecule has 0 radical (unpaired) electrons. The van der Waals surface area contributed by atoms with Crippen molar-refractivity contribution in [3.8, 4) is 12.1 Å². The van der Waals surface area contributed by atoms with Gasteiger partial charge in [-0.25, -0.2) is 4.98 Å². The second kappa shape index (κ2) is 5.11. The Morgan fingerprint density at radius 1 is 1.41 bits per heavy atom. The minimum atomic E-state index is -0.0305. The van der Waals surface area contributed by atoms with Gasteiger partial charge in [-0.3, -0.25) is 0 Å². The van der Waals surface area contributed by atoms with Crippen molar-refractivity contribution in [3.05, 3.63) is 17.5 Å². The Balaban J connectivity index is 2.12. The predicted molar refractivity (Wildman–Crippen MR) is 62.3 cm³/mol. The Morgan fingerprint density at radius 2 is 2.18 bits per heavy atom. The van der Waals surface area contributed by atoms with Crippen LogP contribution in [-0.4, -0.2) is 22.1 Å². The van der Waals surface area contributed by atoms with E-state index in [1.165, 1.54) is 0 Å². The standard InChI is InChI=1S/C12H16N4O/c1-8-6-9(7-13)16-12(15-8)17-11-5-3-2-4-10(11)14/h6,10-11H,2-5,14H2,1H3. The summed E-state index contributed by atoms with van der Waals surface area (Å²) in [5.74, 6) is 0. The first-order valence-corrected chi connectivity index (χ1v) is 5.87. The summed E-state index contributed by atoms with van der Waals surface area (Å²) in [7, 11) is 0. The van der Waals surface area contributed by atoms with Crippen LogP contribution in [0.4, 0.5) is 0 Å². The van der Waals surface area contributed by atoms with E-state index in [1.54, 1.807) is 6.07 Å². The Labute approximate surface area is 101 Å². The van der Waals surface area contributed by atoms with Gasteiger partial charge in [0.15, 0.2) is 0 Å². The lowest BCUT2D eigenvalue weighted by molar-refractivity contribution is 0.120. The topological polar surface area (TPSA) is 84.8 Å². The molecular weight excluding hydrogens is 216 g/mol. The van der Waals surface area contributed by atoms with Crippen molar-refractivity contribution in [2.75, 3.05) is 0 Å². The van der Waals surface area contributed by atoms with Crippen molar-refractivity contribution in [2.45, 2.75) is 44.8 Å². The molecule has 0 bridgehead atoms. The van der Waals surface area contributed by atoms with Gasteiger partial charge in [0.2, 0.25) is 0 Å². The van der Waals surface area contributed by atoms with Gasteiger partial charge in [0, 0.05) is 11.7 Å². The maximum atomic E-state index is 8.82. The fraction of sp³-hybridized carbons (Fsp3) is 0.583. The van der Waals surface area contributed by atoms with Crippen molar-refractivity contribution in [1.82, 2.24) is 9.97 Å². The van der Waals surface area contributed by atoms with Crippen LogP contribution in [-0.2, 0) is 0 Å². The quantitative estimate of drug-likeness (QED) is 0.830. The van der Waals surface area contributed by atoms with Crippen LogP contribution < -0.4 is 10.5 Å². The first-order chi connectivity index (χ1) is 8.19. The molecule has 5 nitrogen and oxygen atoms in total. The van der Waals surface area contributed by atoms with E-state index in [1.807, 2.05) is 13.0 Å². The van der Waals surface area contributed by atoms with Gasteiger partial charge in [0.25, 0.3) is 0 Å². The van der Waals surface area contributed by atoms with E-state index in [9.17, 15) is 0 Å². The van der Waals surface area contributed by atoms with Gasteiger partial charge in [0.1, 0.15) is 17.9 Å². The number of ether oxygens (including phenoxy) is 1. The summed E-state index contributed by atoms with van der Waals surface area (Å²) in [5.41, 5.74) is 7.05. The summed E-state index contributed by atoms with van der Waals surface area (Å²) in [6.07, 6.45) is 4.15. The first kappa shape index (κ1) is 11.8. The Bertz CT molecular complexity index is 441. The SMILES string of the molecule is Cc1cc(C#N)nc(OC2CCCCC2N)n1. The summed E-state index contributed by atoms with van der Waals surface area (Å²) in [6, 6.07) is 3.93. The molecule has 1 aromatic rings. The molecule has 90 valence electrons. The van der Waals surface area contributed by atoms with Crippen LogP contribution in [0.5, 0.6) is 6.01 Å². The van der Waals surface area contributed by atoms with Crippen LogP contribution in [0.15, 0.2) is 6.07 Å². The number of nitriles is 1. The lowest BCUT2D eigenvalue weighted by Crippen LogP contribution is -2.41. The number of aromatic nitrogens is 2. The summed E-state index contributed by atoms with van der Waals surface area (Å²) >= 11 is 0. The average molecular weight is 232 g/mol. The molecule has 1 saturated carbocycles. The molecule has 1 aliphatic rings. The minimum Gasteiger partial charge on any atom is -0.458 e. The van der Waals surface area contributed by atoms with Crippen molar-refractivity contribution in [2.24, 2.45) is 5.73 Å². The summed E-state index contributed by atoms with van der Waals surface area (Å²) in [6.45, 7) is 1.82. The molecule has 5 heteroatoms. The molecule has 0 spiro atoms. The van der Waals surface area contributed by atoms with Crippen LogP contribution in [0.3, 0.4) is 0 Å². The highest BCUT2D eigenvalue weighted by atomic mass is 16.5. The molecule has 2 N–H and O–H groups in total. The number of nitrogens with two attached hydrogens (primary N) is 1. The fourth-order valence-corrected chi connectivity index (χ4v) is 2.06. The van der Waals surface area contributed by atoms with Gasteiger partial charge < -0.3 is 10.5 Å². The number of hydrogen-bond donors (Lipinski definition) is 1. The van der Waals surface area contributed by atoms with Gasteiger partial charge in [-0.1, -0.05) is 6.42 Å². The zero-order valence-electron chi connectivity index (χ0n) is 9.89. The Morgan fingerprint density at radius 3 is 2.88 bits per heavy atom. The Kier molecular flexibility index (Phi) is 3.55. The highest BCUT2D eigenvalue weighted by Gasteiger charge is 2.24. The molecule has 17 heavy (non-hydrogen) atoms. The zero-order valence-corrected chi connectivity index (χ0v) is 9.89. The number of nitrogens with zero attached hydrogens (tertiary/aromatic N) is 3. The van der Waals surface area contributed by atoms with Crippen LogP contribution >= 0.6 is 0 Å². The maximum absolute atomic E-state index is 8.82. The van der Waals surface area contributed by atoms with E-state index in [0.29, 0.717) is 5.69 Å². The summed E-state index contributed by atoms with van der Waals surface area (Å²) in [4.78, 5) is 8.20. The van der Waals surface area contributed by atoms with Crippen LogP contribution in [0.1, 0.15) is 37.1 Å². The lowest BCUT2D eigenvalue weighted by Gasteiger charge is -2.28. The summed E-state index contributed by atoms with van der Waals surface area (Å²) < 4.78 is 5.69. The van der Waals surface area contributed by atoms with E-state index in [0.717, 1.165) is 31.4 Å². The number of aryl methyl sites for hydroxylation is 1. The van der Waals surface area contributed by atoms with Crippen molar-refractivity contribution in [1.29, 1.82) is 5.26 Å². The highest BCUT2D eigenvalue weighted by molar-refractivity contribution is 5.23. The molecule has 0 aromatic carbocycles. The molecular formula is C12H16N4O. The molecule has 0 amide bonds. The van der Waals surface area contributed by atoms with Crippen molar-refractivity contribution < 1.29 is 4.74 Å². The van der Waals surface area contributed by atoms with Crippen molar-refractivity contribution >= 4 is 0 Å². The molecule has 2 rings (SSSR count). The second-order valence-electron chi connectivity index (χ2n) is 4.39. The van der Waals surface area contributed by atoms with E-state index in [2.05, 4.69) is 9.97 Å². The van der Waals surface area contributed by atoms with Gasteiger partial charge >= 0.3 is 6.01 Å². The second-order valence-corrected chi connectivity index (χ2v) is 4.39. The smallest absolute Gasteiger partial charge is 0.318 e. The number of rotatable bonds is 2. The molecule has 0 aliphatic heterocycles. The van der Waals surface area contributed by atoms with Gasteiger partial charge in [0.05, 0.1) is 0 Å².